The third-order valence-electron chi connectivity index (χ3n) is 5.43. The molecule has 1 atom stereocenters. The van der Waals surface area contributed by atoms with Gasteiger partial charge in [0.1, 0.15) is 6.04 Å². The number of esters is 1. The van der Waals surface area contributed by atoms with Gasteiger partial charge in [-0.15, -0.1) is 0 Å². The Labute approximate surface area is 195 Å². The number of halogens is 2. The first-order valence-electron chi connectivity index (χ1n) is 10.1. The smallest absolute Gasteiger partial charge is 0.327 e. The van der Waals surface area contributed by atoms with Crippen LogP contribution in [0.25, 0.3) is 11.3 Å². The van der Waals surface area contributed by atoms with Gasteiger partial charge in [-0.3, -0.25) is 9.69 Å². The van der Waals surface area contributed by atoms with E-state index in [4.69, 9.17) is 32.5 Å². The standard InChI is InChI=1S/C23H21Cl2N3O4/c1-31-23(30)21(17-7-2-3-8-18(17)25)27-9-11-28(12-10-27)22(29)19-14-20(32-26-19)15-5-4-6-16(24)13-15/h2-8,13-14,21H,9-12H2,1H3. The first kappa shape index (κ1) is 22.3. The zero-order chi connectivity index (χ0) is 22.7. The minimum absolute atomic E-state index is 0.226. The van der Waals surface area contributed by atoms with Crippen LogP contribution in [0, 0.1) is 0 Å². The van der Waals surface area contributed by atoms with Crippen LogP contribution in [0.3, 0.4) is 0 Å². The molecular weight excluding hydrogens is 453 g/mol. The molecule has 0 N–H and O–H groups in total. The molecule has 4 rings (SSSR count). The maximum Gasteiger partial charge on any atom is 0.327 e. The number of amides is 1. The minimum Gasteiger partial charge on any atom is -0.468 e. The summed E-state index contributed by atoms with van der Waals surface area (Å²) < 4.78 is 10.4. The van der Waals surface area contributed by atoms with Crippen molar-refractivity contribution in [3.8, 4) is 11.3 Å². The second-order valence-corrected chi connectivity index (χ2v) is 8.21. The van der Waals surface area contributed by atoms with E-state index < -0.39 is 6.04 Å². The number of piperazine rings is 1. The lowest BCUT2D eigenvalue weighted by atomic mass is 10.0. The highest BCUT2D eigenvalue weighted by Crippen LogP contribution is 2.30. The van der Waals surface area contributed by atoms with Crippen molar-refractivity contribution in [3.63, 3.8) is 0 Å². The number of ether oxygens (including phenoxy) is 1. The second-order valence-electron chi connectivity index (χ2n) is 7.36. The molecule has 1 aliphatic heterocycles. The molecule has 166 valence electrons. The van der Waals surface area contributed by atoms with Gasteiger partial charge in [-0.25, -0.2) is 4.79 Å². The number of hydrogen-bond acceptors (Lipinski definition) is 6. The van der Waals surface area contributed by atoms with Crippen LogP contribution in [0.5, 0.6) is 0 Å². The van der Waals surface area contributed by atoms with Crippen LogP contribution in [0.15, 0.2) is 59.1 Å². The number of carbonyl (C=O) groups is 2. The maximum atomic E-state index is 12.9. The van der Waals surface area contributed by atoms with E-state index in [9.17, 15) is 9.59 Å². The molecule has 0 aliphatic carbocycles. The average Bonchev–Trinajstić information content (AvgIpc) is 3.31. The molecule has 2 aromatic carbocycles. The summed E-state index contributed by atoms with van der Waals surface area (Å²) in [7, 11) is 1.36. The van der Waals surface area contributed by atoms with E-state index in [1.165, 1.54) is 7.11 Å². The quantitative estimate of drug-likeness (QED) is 0.513. The number of rotatable bonds is 5. The lowest BCUT2D eigenvalue weighted by Crippen LogP contribution is -2.51. The highest BCUT2D eigenvalue weighted by Gasteiger charge is 2.34. The first-order valence-corrected chi connectivity index (χ1v) is 10.8. The molecule has 1 aromatic heterocycles. The van der Waals surface area contributed by atoms with Crippen molar-refractivity contribution in [2.75, 3.05) is 33.3 Å². The zero-order valence-corrected chi connectivity index (χ0v) is 18.8. The van der Waals surface area contributed by atoms with Crippen LogP contribution in [0.1, 0.15) is 22.1 Å². The van der Waals surface area contributed by atoms with Crippen LogP contribution < -0.4 is 0 Å². The Bertz CT molecular complexity index is 1130. The Morgan fingerprint density at radius 2 is 1.78 bits per heavy atom. The molecule has 32 heavy (non-hydrogen) atoms. The third-order valence-corrected chi connectivity index (χ3v) is 6.01. The summed E-state index contributed by atoms with van der Waals surface area (Å²) in [6, 6.07) is 15.3. The van der Waals surface area contributed by atoms with Gasteiger partial charge in [0, 0.05) is 47.9 Å². The first-order chi connectivity index (χ1) is 15.5. The van der Waals surface area contributed by atoms with Gasteiger partial charge in [-0.05, 0) is 23.8 Å². The Morgan fingerprint density at radius 1 is 1.03 bits per heavy atom. The van der Waals surface area contributed by atoms with E-state index in [-0.39, 0.29) is 17.6 Å². The molecule has 9 heteroatoms. The van der Waals surface area contributed by atoms with E-state index in [2.05, 4.69) is 5.16 Å². The summed E-state index contributed by atoms with van der Waals surface area (Å²) in [5.41, 5.74) is 1.65. The zero-order valence-electron chi connectivity index (χ0n) is 17.3. The Balaban J connectivity index is 1.45. The molecule has 1 saturated heterocycles. The molecule has 0 radical (unpaired) electrons. The van der Waals surface area contributed by atoms with Gasteiger partial charge in [0.25, 0.3) is 5.91 Å². The number of methoxy groups -OCH3 is 1. The molecule has 2 heterocycles. The highest BCUT2D eigenvalue weighted by atomic mass is 35.5. The number of carbonyl (C=O) groups excluding carboxylic acids is 2. The summed E-state index contributed by atoms with van der Waals surface area (Å²) >= 11 is 12.4. The largest absolute Gasteiger partial charge is 0.468 e. The monoisotopic (exact) mass is 473 g/mol. The molecule has 0 bridgehead atoms. The summed E-state index contributed by atoms with van der Waals surface area (Å²) in [6.07, 6.45) is 0. The Morgan fingerprint density at radius 3 is 2.47 bits per heavy atom. The fourth-order valence-corrected chi connectivity index (χ4v) is 4.21. The summed E-state index contributed by atoms with van der Waals surface area (Å²) in [6.45, 7) is 1.82. The lowest BCUT2D eigenvalue weighted by Gasteiger charge is -2.38. The van der Waals surface area contributed by atoms with Gasteiger partial charge in [0.05, 0.1) is 7.11 Å². The van der Waals surface area contributed by atoms with Crippen LogP contribution in [-0.4, -0.2) is 60.1 Å². The van der Waals surface area contributed by atoms with Crippen molar-refractivity contribution in [1.82, 2.24) is 15.0 Å². The molecule has 0 spiro atoms. The number of hydrogen-bond donors (Lipinski definition) is 0. The van der Waals surface area contributed by atoms with Crippen LogP contribution in [0.2, 0.25) is 10.0 Å². The molecule has 1 aliphatic rings. The van der Waals surface area contributed by atoms with Crippen LogP contribution >= 0.6 is 23.2 Å². The van der Waals surface area contributed by atoms with E-state index >= 15 is 0 Å². The molecule has 1 unspecified atom stereocenters. The third kappa shape index (κ3) is 4.65. The summed E-state index contributed by atoms with van der Waals surface area (Å²) in [5.74, 6) is -0.145. The minimum atomic E-state index is -0.632. The number of nitrogens with zero attached hydrogens (tertiary/aromatic N) is 3. The van der Waals surface area contributed by atoms with Crippen molar-refractivity contribution < 1.29 is 18.8 Å². The Kier molecular flexibility index (Phi) is 6.79. The lowest BCUT2D eigenvalue weighted by molar-refractivity contribution is -0.148. The molecule has 0 saturated carbocycles. The highest BCUT2D eigenvalue weighted by molar-refractivity contribution is 6.31. The van der Waals surface area contributed by atoms with Crippen LogP contribution in [0.4, 0.5) is 0 Å². The van der Waals surface area contributed by atoms with Crippen LogP contribution in [-0.2, 0) is 9.53 Å². The van der Waals surface area contributed by atoms with E-state index in [0.29, 0.717) is 47.5 Å². The number of benzene rings is 2. The predicted octanol–water partition coefficient (Wildman–Crippen LogP) is 4.32. The van der Waals surface area contributed by atoms with Gasteiger partial charge >= 0.3 is 5.97 Å². The average molecular weight is 474 g/mol. The predicted molar refractivity (Wildman–Crippen MR) is 121 cm³/mol. The van der Waals surface area contributed by atoms with Crippen molar-refractivity contribution in [2.24, 2.45) is 0 Å². The fourth-order valence-electron chi connectivity index (χ4n) is 3.78. The summed E-state index contributed by atoms with van der Waals surface area (Å²) in [4.78, 5) is 29.1. The van der Waals surface area contributed by atoms with Gasteiger partial charge in [-0.1, -0.05) is 58.7 Å². The van der Waals surface area contributed by atoms with Crippen molar-refractivity contribution in [2.45, 2.75) is 6.04 Å². The van der Waals surface area contributed by atoms with Crippen molar-refractivity contribution in [1.29, 1.82) is 0 Å². The van der Waals surface area contributed by atoms with Gasteiger partial charge < -0.3 is 14.2 Å². The maximum absolute atomic E-state index is 12.9. The van der Waals surface area contributed by atoms with E-state index in [1.807, 2.05) is 29.2 Å². The van der Waals surface area contributed by atoms with Crippen molar-refractivity contribution in [3.05, 3.63) is 75.9 Å². The molecule has 3 aromatic rings. The SMILES string of the molecule is COC(=O)C(c1ccccc1Cl)N1CCN(C(=O)c2cc(-c3cccc(Cl)c3)on2)CC1. The molecule has 1 amide bonds. The van der Waals surface area contributed by atoms with Crippen molar-refractivity contribution >= 4 is 35.1 Å². The van der Waals surface area contributed by atoms with Gasteiger partial charge in [0.15, 0.2) is 11.5 Å². The Hall–Kier alpha value is -2.87. The van der Waals surface area contributed by atoms with Gasteiger partial charge in [-0.2, -0.15) is 0 Å². The van der Waals surface area contributed by atoms with E-state index in [0.717, 1.165) is 5.56 Å². The second kappa shape index (κ2) is 9.73. The molecule has 1 fully saturated rings. The fraction of sp³-hybridized carbons (Fsp3) is 0.261. The summed E-state index contributed by atoms with van der Waals surface area (Å²) in [5, 5.41) is 5.01. The topological polar surface area (TPSA) is 75.9 Å². The number of aromatic nitrogens is 1. The normalized spacial score (nSPS) is 15.4. The molecule has 7 nitrogen and oxygen atoms in total. The molecular formula is C23H21Cl2N3O4. The van der Waals surface area contributed by atoms with Gasteiger partial charge in [0.2, 0.25) is 0 Å². The van der Waals surface area contributed by atoms with E-state index in [1.54, 1.807) is 35.2 Å².